The van der Waals surface area contributed by atoms with E-state index in [-0.39, 0.29) is 13.0 Å². The van der Waals surface area contributed by atoms with Gasteiger partial charge < -0.3 is 15.1 Å². The van der Waals surface area contributed by atoms with Gasteiger partial charge in [-0.2, -0.15) is 0 Å². The quantitative estimate of drug-likeness (QED) is 0.887. The SMILES string of the molecule is O=C(O)Cc1cc(N2CCCCC2CCO)c2ccccc2n1. The molecule has 2 heterocycles. The first kappa shape index (κ1) is 15.7. The first-order chi connectivity index (χ1) is 11.2. The number of para-hydroxylation sites is 1. The number of aliphatic hydroxyl groups excluding tert-OH is 1. The highest BCUT2D eigenvalue weighted by Gasteiger charge is 2.24. The van der Waals surface area contributed by atoms with E-state index >= 15 is 0 Å². The number of aliphatic hydroxyl groups is 1. The molecule has 1 fully saturated rings. The largest absolute Gasteiger partial charge is 0.481 e. The van der Waals surface area contributed by atoms with Gasteiger partial charge in [0.25, 0.3) is 0 Å². The molecule has 5 nitrogen and oxygen atoms in total. The van der Waals surface area contributed by atoms with E-state index in [1.165, 1.54) is 6.42 Å². The van der Waals surface area contributed by atoms with E-state index in [2.05, 4.69) is 9.88 Å². The number of benzene rings is 1. The highest BCUT2D eigenvalue weighted by Crippen LogP contribution is 2.32. The second-order valence-electron chi connectivity index (χ2n) is 6.08. The van der Waals surface area contributed by atoms with Gasteiger partial charge in [-0.15, -0.1) is 0 Å². The maximum Gasteiger partial charge on any atom is 0.309 e. The normalized spacial score (nSPS) is 18.3. The lowest BCUT2D eigenvalue weighted by Gasteiger charge is -2.38. The topological polar surface area (TPSA) is 73.7 Å². The third-order valence-electron chi connectivity index (χ3n) is 4.48. The highest BCUT2D eigenvalue weighted by atomic mass is 16.4. The molecule has 3 rings (SSSR count). The number of carboxylic acid groups (broad SMARTS) is 1. The molecule has 0 amide bonds. The van der Waals surface area contributed by atoms with Crippen LogP contribution in [0.3, 0.4) is 0 Å². The molecule has 0 saturated carbocycles. The van der Waals surface area contributed by atoms with Crippen LogP contribution in [-0.4, -0.2) is 40.4 Å². The number of hydrogen-bond donors (Lipinski definition) is 2. The predicted molar refractivity (Wildman–Crippen MR) is 89.8 cm³/mol. The lowest BCUT2D eigenvalue weighted by molar-refractivity contribution is -0.136. The molecule has 1 aliphatic heterocycles. The Kier molecular flexibility index (Phi) is 4.76. The van der Waals surface area contributed by atoms with Crippen molar-refractivity contribution in [2.75, 3.05) is 18.1 Å². The molecule has 0 radical (unpaired) electrons. The molecule has 1 unspecified atom stereocenters. The van der Waals surface area contributed by atoms with Gasteiger partial charge in [-0.1, -0.05) is 18.2 Å². The maximum absolute atomic E-state index is 11.1. The summed E-state index contributed by atoms with van der Waals surface area (Å²) in [7, 11) is 0. The van der Waals surface area contributed by atoms with Crippen LogP contribution in [-0.2, 0) is 11.2 Å². The van der Waals surface area contributed by atoms with E-state index in [9.17, 15) is 9.90 Å². The summed E-state index contributed by atoms with van der Waals surface area (Å²) in [6, 6.07) is 10.1. The molecule has 122 valence electrons. The number of aliphatic carboxylic acids is 1. The first-order valence-electron chi connectivity index (χ1n) is 8.17. The van der Waals surface area contributed by atoms with Crippen LogP contribution in [0.2, 0.25) is 0 Å². The lowest BCUT2D eigenvalue weighted by atomic mass is 9.97. The van der Waals surface area contributed by atoms with E-state index in [1.54, 1.807) is 0 Å². The number of hydrogen-bond acceptors (Lipinski definition) is 4. The Labute approximate surface area is 135 Å². The zero-order valence-electron chi connectivity index (χ0n) is 13.1. The van der Waals surface area contributed by atoms with Gasteiger partial charge >= 0.3 is 5.97 Å². The molecular formula is C18H22N2O3. The molecule has 23 heavy (non-hydrogen) atoms. The molecule has 2 aromatic rings. The minimum absolute atomic E-state index is 0.0731. The highest BCUT2D eigenvalue weighted by molar-refractivity contribution is 5.92. The number of fused-ring (bicyclic) bond motifs is 1. The Hall–Kier alpha value is -2.14. The zero-order chi connectivity index (χ0) is 16.2. The van der Waals surface area contributed by atoms with Crippen LogP contribution in [0.25, 0.3) is 10.9 Å². The lowest BCUT2D eigenvalue weighted by Crippen LogP contribution is -2.40. The molecule has 1 aromatic carbocycles. The van der Waals surface area contributed by atoms with Crippen molar-refractivity contribution in [1.29, 1.82) is 0 Å². The van der Waals surface area contributed by atoms with Crippen molar-refractivity contribution in [2.45, 2.75) is 38.1 Å². The molecular weight excluding hydrogens is 292 g/mol. The molecule has 2 N–H and O–H groups in total. The summed E-state index contributed by atoms with van der Waals surface area (Å²) in [4.78, 5) is 17.9. The fraction of sp³-hybridized carbons (Fsp3) is 0.444. The number of pyridine rings is 1. The van der Waals surface area contributed by atoms with Crippen LogP contribution in [0.1, 0.15) is 31.4 Å². The van der Waals surface area contributed by atoms with E-state index in [4.69, 9.17) is 5.11 Å². The molecule has 1 atom stereocenters. The van der Waals surface area contributed by atoms with Gasteiger partial charge in [-0.25, -0.2) is 0 Å². The van der Waals surface area contributed by atoms with Gasteiger partial charge in [-0.3, -0.25) is 9.78 Å². The molecule has 0 bridgehead atoms. The van der Waals surface area contributed by atoms with Crippen molar-refractivity contribution < 1.29 is 15.0 Å². The Balaban J connectivity index is 2.07. The van der Waals surface area contributed by atoms with E-state index in [0.29, 0.717) is 11.7 Å². The Morgan fingerprint density at radius 1 is 1.30 bits per heavy atom. The maximum atomic E-state index is 11.1. The number of carbonyl (C=O) groups is 1. The molecule has 1 aliphatic rings. The van der Waals surface area contributed by atoms with Crippen LogP contribution in [0, 0.1) is 0 Å². The minimum atomic E-state index is -0.871. The third-order valence-corrected chi connectivity index (χ3v) is 4.48. The molecule has 0 aliphatic carbocycles. The number of piperidine rings is 1. The number of carboxylic acids is 1. The number of aromatic nitrogens is 1. The summed E-state index contributed by atoms with van der Waals surface area (Å²) in [6.07, 6.45) is 4.02. The summed E-state index contributed by atoms with van der Waals surface area (Å²) >= 11 is 0. The second kappa shape index (κ2) is 6.96. The van der Waals surface area contributed by atoms with Crippen molar-refractivity contribution in [2.24, 2.45) is 0 Å². The standard InChI is InChI=1S/C18H22N2O3/c21-10-8-14-5-3-4-9-20(14)17-11-13(12-18(22)23)19-16-7-2-1-6-15(16)17/h1-2,6-7,11,14,21H,3-5,8-10,12H2,(H,22,23). The summed E-state index contributed by atoms with van der Waals surface area (Å²) < 4.78 is 0. The number of rotatable bonds is 5. The van der Waals surface area contributed by atoms with Crippen LogP contribution in [0.5, 0.6) is 0 Å². The molecule has 5 heteroatoms. The summed E-state index contributed by atoms with van der Waals surface area (Å²) in [6.45, 7) is 1.11. The van der Waals surface area contributed by atoms with Crippen LogP contribution < -0.4 is 4.90 Å². The number of nitrogens with zero attached hydrogens (tertiary/aromatic N) is 2. The first-order valence-corrected chi connectivity index (χ1v) is 8.17. The van der Waals surface area contributed by atoms with Crippen molar-refractivity contribution >= 4 is 22.6 Å². The van der Waals surface area contributed by atoms with Gasteiger partial charge in [0.1, 0.15) is 0 Å². The average Bonchev–Trinajstić information content (AvgIpc) is 2.54. The smallest absolute Gasteiger partial charge is 0.309 e. The predicted octanol–water partition coefficient (Wildman–Crippen LogP) is 2.60. The zero-order valence-corrected chi connectivity index (χ0v) is 13.1. The van der Waals surface area contributed by atoms with Crippen molar-refractivity contribution in [3.8, 4) is 0 Å². The van der Waals surface area contributed by atoms with E-state index < -0.39 is 5.97 Å². The molecule has 0 spiro atoms. The Morgan fingerprint density at radius 2 is 2.13 bits per heavy atom. The van der Waals surface area contributed by atoms with E-state index in [0.717, 1.165) is 42.4 Å². The molecule has 1 saturated heterocycles. The van der Waals surface area contributed by atoms with E-state index in [1.807, 2.05) is 30.3 Å². The Bertz CT molecular complexity index is 700. The van der Waals surface area contributed by atoms with Crippen LogP contribution in [0.15, 0.2) is 30.3 Å². The summed E-state index contributed by atoms with van der Waals surface area (Å²) in [5.41, 5.74) is 2.46. The number of anilines is 1. The minimum Gasteiger partial charge on any atom is -0.481 e. The van der Waals surface area contributed by atoms with Gasteiger partial charge in [0, 0.05) is 30.3 Å². The van der Waals surface area contributed by atoms with Crippen molar-refractivity contribution in [1.82, 2.24) is 4.98 Å². The fourth-order valence-corrected chi connectivity index (χ4v) is 3.46. The van der Waals surface area contributed by atoms with Crippen LogP contribution in [0.4, 0.5) is 5.69 Å². The Morgan fingerprint density at radius 3 is 2.91 bits per heavy atom. The van der Waals surface area contributed by atoms with Crippen molar-refractivity contribution in [3.63, 3.8) is 0 Å². The van der Waals surface area contributed by atoms with Gasteiger partial charge in [0.2, 0.25) is 0 Å². The van der Waals surface area contributed by atoms with Crippen LogP contribution >= 0.6 is 0 Å². The molecule has 1 aromatic heterocycles. The van der Waals surface area contributed by atoms with Gasteiger partial charge in [-0.05, 0) is 37.8 Å². The average molecular weight is 314 g/mol. The summed E-state index contributed by atoms with van der Waals surface area (Å²) in [5, 5.41) is 19.5. The second-order valence-corrected chi connectivity index (χ2v) is 6.08. The van der Waals surface area contributed by atoms with Gasteiger partial charge in [0.05, 0.1) is 17.6 Å². The van der Waals surface area contributed by atoms with Gasteiger partial charge in [0.15, 0.2) is 0 Å². The summed E-state index contributed by atoms with van der Waals surface area (Å²) in [5.74, 6) is -0.871. The van der Waals surface area contributed by atoms with Crippen molar-refractivity contribution in [3.05, 3.63) is 36.0 Å². The fourth-order valence-electron chi connectivity index (χ4n) is 3.46. The third kappa shape index (κ3) is 3.45. The monoisotopic (exact) mass is 314 g/mol.